The summed E-state index contributed by atoms with van der Waals surface area (Å²) in [5, 5.41) is 13.8. The molecule has 0 aliphatic carbocycles. The molecule has 2 aromatic carbocycles. The van der Waals surface area contributed by atoms with E-state index >= 15 is 0 Å². The third-order valence-electron chi connectivity index (χ3n) is 4.33. The molecule has 1 unspecified atom stereocenters. The number of nitrogens with one attached hydrogen (secondary N) is 1. The lowest BCUT2D eigenvalue weighted by atomic mass is 10.1. The number of rotatable bonds is 4. The number of fused-ring (bicyclic) bond motifs is 1. The first-order chi connectivity index (χ1) is 13.8. The highest BCUT2D eigenvalue weighted by atomic mass is 79.9. The molecule has 1 N–H and O–H groups in total. The molecule has 150 valence electrons. The summed E-state index contributed by atoms with van der Waals surface area (Å²) in [6, 6.07) is 10.2. The van der Waals surface area contributed by atoms with Gasteiger partial charge in [-0.1, -0.05) is 12.1 Å². The number of anilines is 2. The van der Waals surface area contributed by atoms with Crippen LogP contribution in [-0.2, 0) is 14.3 Å². The SMILES string of the molecule is CC1CC(=O)Nc2ccccc2N1C(=O)COC(=O)c1ccc(Br)c([N+](=O)[O-])c1. The Labute approximate surface area is 173 Å². The molecule has 3 rings (SSSR count). The van der Waals surface area contributed by atoms with Gasteiger partial charge in [0.15, 0.2) is 6.61 Å². The third kappa shape index (κ3) is 4.43. The van der Waals surface area contributed by atoms with Gasteiger partial charge in [0.05, 0.1) is 26.3 Å². The lowest BCUT2D eigenvalue weighted by Gasteiger charge is -2.27. The Bertz CT molecular complexity index is 1010. The standard InChI is InChI=1S/C19H16BrN3O6/c1-11-8-17(24)21-14-4-2-3-5-15(14)22(11)18(25)10-29-19(26)12-6-7-13(20)16(9-12)23(27)28/h2-7,9,11H,8,10H2,1H3,(H,21,24). The summed E-state index contributed by atoms with van der Waals surface area (Å²) in [7, 11) is 0. The highest BCUT2D eigenvalue weighted by Gasteiger charge is 2.30. The summed E-state index contributed by atoms with van der Waals surface area (Å²) in [5.41, 5.74) is 0.663. The number of para-hydroxylation sites is 2. The van der Waals surface area contributed by atoms with Crippen molar-refractivity contribution in [3.8, 4) is 0 Å². The Morgan fingerprint density at radius 3 is 2.76 bits per heavy atom. The summed E-state index contributed by atoms with van der Waals surface area (Å²) in [6.07, 6.45) is 0.0905. The molecule has 0 spiro atoms. The second-order valence-electron chi connectivity index (χ2n) is 6.38. The van der Waals surface area contributed by atoms with Crippen LogP contribution in [-0.4, -0.2) is 35.4 Å². The Morgan fingerprint density at radius 1 is 1.31 bits per heavy atom. The third-order valence-corrected chi connectivity index (χ3v) is 5.00. The summed E-state index contributed by atoms with van der Waals surface area (Å²) in [5.74, 6) is -1.60. The van der Waals surface area contributed by atoms with E-state index in [1.54, 1.807) is 31.2 Å². The summed E-state index contributed by atoms with van der Waals surface area (Å²) >= 11 is 3.04. The number of nitro benzene ring substituents is 1. The number of carbonyl (C=O) groups is 3. The number of carbonyl (C=O) groups excluding carboxylic acids is 3. The maximum atomic E-state index is 12.8. The molecule has 0 aromatic heterocycles. The van der Waals surface area contributed by atoms with E-state index in [9.17, 15) is 24.5 Å². The number of benzene rings is 2. The number of hydrogen-bond donors (Lipinski definition) is 1. The maximum absolute atomic E-state index is 12.8. The lowest BCUT2D eigenvalue weighted by molar-refractivity contribution is -0.385. The van der Waals surface area contributed by atoms with Crippen LogP contribution < -0.4 is 10.2 Å². The second kappa shape index (κ2) is 8.39. The van der Waals surface area contributed by atoms with Gasteiger partial charge >= 0.3 is 5.97 Å². The minimum absolute atomic E-state index is 0.0474. The van der Waals surface area contributed by atoms with E-state index < -0.39 is 29.4 Å². The minimum atomic E-state index is -0.862. The van der Waals surface area contributed by atoms with Gasteiger partial charge in [0.25, 0.3) is 11.6 Å². The van der Waals surface area contributed by atoms with Crippen LogP contribution in [0.2, 0.25) is 0 Å². The van der Waals surface area contributed by atoms with Gasteiger partial charge in [-0.25, -0.2) is 4.79 Å². The van der Waals surface area contributed by atoms with E-state index in [0.29, 0.717) is 11.4 Å². The largest absolute Gasteiger partial charge is 0.452 e. The topological polar surface area (TPSA) is 119 Å². The second-order valence-corrected chi connectivity index (χ2v) is 7.24. The van der Waals surface area contributed by atoms with E-state index in [2.05, 4.69) is 21.2 Å². The molecule has 9 nitrogen and oxygen atoms in total. The van der Waals surface area contributed by atoms with Crippen molar-refractivity contribution < 1.29 is 24.0 Å². The molecule has 1 aliphatic heterocycles. The van der Waals surface area contributed by atoms with Gasteiger partial charge in [-0.15, -0.1) is 0 Å². The number of ether oxygens (including phenoxy) is 1. The molecule has 0 radical (unpaired) electrons. The van der Waals surface area contributed by atoms with Crippen LogP contribution in [0.4, 0.5) is 17.1 Å². The van der Waals surface area contributed by atoms with Gasteiger partial charge in [-0.05, 0) is 47.1 Å². The average Bonchev–Trinajstić information content (AvgIpc) is 2.80. The number of esters is 1. The molecule has 2 aromatic rings. The van der Waals surface area contributed by atoms with Crippen LogP contribution >= 0.6 is 15.9 Å². The molecule has 0 fully saturated rings. The van der Waals surface area contributed by atoms with Gasteiger partial charge in [0.2, 0.25) is 5.91 Å². The molecule has 0 bridgehead atoms. The van der Waals surface area contributed by atoms with E-state index in [1.807, 2.05) is 0 Å². The van der Waals surface area contributed by atoms with E-state index in [0.717, 1.165) is 6.07 Å². The molecule has 29 heavy (non-hydrogen) atoms. The normalized spacial score (nSPS) is 15.7. The molecule has 0 saturated heterocycles. The number of halogens is 1. The molecular formula is C19H16BrN3O6. The van der Waals surface area contributed by atoms with Crippen LogP contribution in [0.1, 0.15) is 23.7 Å². The van der Waals surface area contributed by atoms with Crippen LogP contribution in [0.5, 0.6) is 0 Å². The first-order valence-electron chi connectivity index (χ1n) is 8.60. The Balaban J connectivity index is 1.77. The average molecular weight is 462 g/mol. The van der Waals surface area contributed by atoms with Crippen molar-refractivity contribution in [3.05, 3.63) is 62.6 Å². The van der Waals surface area contributed by atoms with Gasteiger partial charge in [0.1, 0.15) is 0 Å². The Kier molecular flexibility index (Phi) is 5.92. The summed E-state index contributed by atoms with van der Waals surface area (Å²) < 4.78 is 5.30. The van der Waals surface area contributed by atoms with Crippen molar-refractivity contribution in [2.45, 2.75) is 19.4 Å². The fourth-order valence-corrected chi connectivity index (χ4v) is 3.42. The lowest BCUT2D eigenvalue weighted by Crippen LogP contribution is -2.41. The Morgan fingerprint density at radius 2 is 2.03 bits per heavy atom. The summed E-state index contributed by atoms with van der Waals surface area (Å²) in [6.45, 7) is 1.15. The Hall–Kier alpha value is -3.27. The molecule has 1 atom stereocenters. The fourth-order valence-electron chi connectivity index (χ4n) is 3.03. The highest BCUT2D eigenvalue weighted by molar-refractivity contribution is 9.10. The first kappa shape index (κ1) is 20.5. The summed E-state index contributed by atoms with van der Waals surface area (Å²) in [4.78, 5) is 48.8. The van der Waals surface area contributed by atoms with E-state index in [1.165, 1.54) is 17.0 Å². The number of nitro groups is 1. The number of nitrogens with zero attached hydrogens (tertiary/aromatic N) is 2. The number of amides is 2. The first-order valence-corrected chi connectivity index (χ1v) is 9.39. The monoisotopic (exact) mass is 461 g/mol. The predicted octanol–water partition coefficient (Wildman–Crippen LogP) is 3.28. The van der Waals surface area contributed by atoms with Gasteiger partial charge in [-0.3, -0.25) is 19.7 Å². The molecule has 1 heterocycles. The van der Waals surface area contributed by atoms with Gasteiger partial charge in [0, 0.05) is 18.5 Å². The van der Waals surface area contributed by atoms with Gasteiger partial charge in [-0.2, -0.15) is 0 Å². The number of hydrogen-bond acceptors (Lipinski definition) is 6. The van der Waals surface area contributed by atoms with Crippen LogP contribution in [0.25, 0.3) is 0 Å². The predicted molar refractivity (Wildman–Crippen MR) is 108 cm³/mol. The van der Waals surface area contributed by atoms with E-state index in [-0.39, 0.29) is 28.1 Å². The van der Waals surface area contributed by atoms with Crippen LogP contribution in [0.15, 0.2) is 46.9 Å². The zero-order valence-corrected chi connectivity index (χ0v) is 16.8. The van der Waals surface area contributed by atoms with Gasteiger partial charge < -0.3 is 15.0 Å². The maximum Gasteiger partial charge on any atom is 0.338 e. The highest BCUT2D eigenvalue weighted by Crippen LogP contribution is 2.31. The van der Waals surface area contributed by atoms with Crippen molar-refractivity contribution in [3.63, 3.8) is 0 Å². The van der Waals surface area contributed by atoms with E-state index in [4.69, 9.17) is 4.74 Å². The van der Waals surface area contributed by atoms with Crippen molar-refractivity contribution in [1.82, 2.24) is 0 Å². The minimum Gasteiger partial charge on any atom is -0.452 e. The smallest absolute Gasteiger partial charge is 0.338 e. The van der Waals surface area contributed by atoms with Crippen molar-refractivity contribution in [2.75, 3.05) is 16.8 Å². The van der Waals surface area contributed by atoms with Crippen molar-refractivity contribution in [2.24, 2.45) is 0 Å². The van der Waals surface area contributed by atoms with Crippen LogP contribution in [0, 0.1) is 10.1 Å². The van der Waals surface area contributed by atoms with Crippen molar-refractivity contribution >= 4 is 50.8 Å². The molecule has 1 aliphatic rings. The quantitative estimate of drug-likeness (QED) is 0.423. The zero-order valence-electron chi connectivity index (χ0n) is 15.3. The molecule has 0 saturated carbocycles. The molecule has 2 amide bonds. The fraction of sp³-hybridized carbons (Fsp3) is 0.211. The molecule has 10 heteroatoms. The molecular weight excluding hydrogens is 446 g/mol. The zero-order chi connectivity index (χ0) is 21.1. The van der Waals surface area contributed by atoms with Crippen molar-refractivity contribution in [1.29, 1.82) is 0 Å². The van der Waals surface area contributed by atoms with Crippen LogP contribution in [0.3, 0.4) is 0 Å².